The van der Waals surface area contributed by atoms with Gasteiger partial charge in [-0.3, -0.25) is 10.1 Å². The molecule has 1 aromatic rings. The smallest absolute Gasteiger partial charge is 0.457 e. The van der Waals surface area contributed by atoms with E-state index in [1.807, 2.05) is 0 Å². The van der Waals surface area contributed by atoms with Gasteiger partial charge in [0.1, 0.15) is 12.4 Å². The molecular formula is C12H13ClF4N2O2. The van der Waals surface area contributed by atoms with Crippen LogP contribution in [0.25, 0.3) is 0 Å². The number of para-hydroxylation sites is 1. The normalized spacial score (nSPS) is 16.0. The molecule has 0 aromatic heterocycles. The van der Waals surface area contributed by atoms with Gasteiger partial charge in [0.15, 0.2) is 0 Å². The van der Waals surface area contributed by atoms with E-state index in [0.29, 0.717) is 0 Å². The highest BCUT2D eigenvalue weighted by molar-refractivity contribution is 6.24. The van der Waals surface area contributed by atoms with Gasteiger partial charge >= 0.3 is 11.4 Å². The Hall–Kier alpha value is -1.54. The Bertz CT molecular complexity index is 506. The van der Waals surface area contributed by atoms with E-state index in [1.54, 1.807) is 6.92 Å². The Labute approximate surface area is 123 Å². The molecule has 21 heavy (non-hydrogen) atoms. The van der Waals surface area contributed by atoms with Crippen LogP contribution in [-0.2, 0) is 0 Å². The third kappa shape index (κ3) is 4.75. The van der Waals surface area contributed by atoms with Crippen LogP contribution in [0.15, 0.2) is 24.3 Å². The molecule has 4 nitrogen and oxygen atoms in total. The van der Waals surface area contributed by atoms with Crippen LogP contribution in [0.4, 0.5) is 17.6 Å². The van der Waals surface area contributed by atoms with E-state index in [4.69, 9.17) is 10.5 Å². The molecule has 118 valence electrons. The zero-order valence-electron chi connectivity index (χ0n) is 10.9. The highest BCUT2D eigenvalue weighted by Gasteiger charge is 2.56. The summed E-state index contributed by atoms with van der Waals surface area (Å²) in [4.78, 5) is 11.7. The highest BCUT2D eigenvalue weighted by Crippen LogP contribution is 2.35. The fourth-order valence-corrected chi connectivity index (χ4v) is 1.37. The summed E-state index contributed by atoms with van der Waals surface area (Å²) in [6.45, 7) is 1.67. The Balaban J connectivity index is 2.93. The molecule has 2 atom stereocenters. The number of hydrogen-bond acceptors (Lipinski definition) is 3. The van der Waals surface area contributed by atoms with E-state index in [9.17, 15) is 22.4 Å². The second-order valence-electron chi connectivity index (χ2n) is 4.31. The van der Waals surface area contributed by atoms with Crippen LogP contribution in [0.2, 0.25) is 0 Å². The maximum absolute atomic E-state index is 13.2. The van der Waals surface area contributed by atoms with Crippen molar-refractivity contribution < 1.29 is 27.1 Å². The van der Waals surface area contributed by atoms with Crippen molar-refractivity contribution in [3.63, 3.8) is 0 Å². The summed E-state index contributed by atoms with van der Waals surface area (Å²) < 4.78 is 55.3. The fraction of sp³-hybridized carbons (Fsp3) is 0.417. The first kappa shape index (κ1) is 17.5. The lowest BCUT2D eigenvalue weighted by Crippen LogP contribution is -2.51. The van der Waals surface area contributed by atoms with Crippen LogP contribution in [0.1, 0.15) is 17.3 Å². The van der Waals surface area contributed by atoms with Gasteiger partial charge in [-0.2, -0.15) is 17.6 Å². The number of rotatable bonds is 5. The van der Waals surface area contributed by atoms with Crippen LogP contribution in [-0.4, -0.2) is 30.0 Å². The van der Waals surface area contributed by atoms with Gasteiger partial charge in [-0.15, -0.1) is 0 Å². The molecule has 9 heteroatoms. The van der Waals surface area contributed by atoms with Gasteiger partial charge in [-0.05, 0) is 30.7 Å². The van der Waals surface area contributed by atoms with Gasteiger partial charge in [0.05, 0.1) is 5.56 Å². The largest absolute Gasteiger partial charge is 0.491 e. The summed E-state index contributed by atoms with van der Waals surface area (Å²) >= 11 is 4.65. The summed E-state index contributed by atoms with van der Waals surface area (Å²) in [5, 5.41) is -3.30. The third-order valence-electron chi connectivity index (χ3n) is 2.26. The lowest BCUT2D eigenvalue weighted by atomic mass is 10.2. The minimum Gasteiger partial charge on any atom is -0.491 e. The molecule has 0 aliphatic rings. The fourth-order valence-electron chi connectivity index (χ4n) is 1.28. The Kier molecular flexibility index (Phi) is 5.41. The van der Waals surface area contributed by atoms with Crippen molar-refractivity contribution >= 4 is 17.5 Å². The molecule has 3 N–H and O–H groups in total. The van der Waals surface area contributed by atoms with Crippen molar-refractivity contribution in [3.8, 4) is 5.75 Å². The quantitative estimate of drug-likeness (QED) is 0.496. The van der Waals surface area contributed by atoms with Crippen LogP contribution < -0.4 is 15.8 Å². The Morgan fingerprint density at radius 1 is 1.38 bits per heavy atom. The number of carbonyl (C=O) groups excluding carboxylic acids is 1. The average Bonchev–Trinajstić information content (AvgIpc) is 2.34. The van der Waals surface area contributed by atoms with Gasteiger partial charge < -0.3 is 10.5 Å². The van der Waals surface area contributed by atoms with Crippen LogP contribution in [0, 0.1) is 0 Å². The molecule has 1 rings (SSSR count). The zero-order chi connectivity index (χ0) is 16.3. The van der Waals surface area contributed by atoms with Crippen LogP contribution in [0.5, 0.6) is 5.75 Å². The summed E-state index contributed by atoms with van der Waals surface area (Å²) in [7, 11) is 0. The van der Waals surface area contributed by atoms with Crippen molar-refractivity contribution in [2.45, 2.75) is 24.4 Å². The third-order valence-corrected chi connectivity index (χ3v) is 2.57. The van der Waals surface area contributed by atoms with Crippen molar-refractivity contribution in [2.75, 3.05) is 6.61 Å². The molecule has 1 amide bonds. The number of nitrogens with two attached hydrogens (primary N) is 1. The molecule has 0 fully saturated rings. The van der Waals surface area contributed by atoms with Crippen molar-refractivity contribution in [1.29, 1.82) is 0 Å². The number of hydrogen-bond donors (Lipinski definition) is 2. The van der Waals surface area contributed by atoms with E-state index < -0.39 is 17.3 Å². The maximum atomic E-state index is 13.2. The monoisotopic (exact) mass is 328 g/mol. The number of ether oxygens (including phenoxy) is 1. The Morgan fingerprint density at radius 2 is 1.95 bits per heavy atom. The molecule has 0 bridgehead atoms. The minimum atomic E-state index is -5.45. The van der Waals surface area contributed by atoms with Crippen molar-refractivity contribution in [3.05, 3.63) is 29.8 Å². The molecule has 0 spiro atoms. The van der Waals surface area contributed by atoms with E-state index in [-0.39, 0.29) is 24.0 Å². The van der Waals surface area contributed by atoms with Crippen molar-refractivity contribution in [1.82, 2.24) is 5.32 Å². The lowest BCUT2D eigenvalue weighted by Gasteiger charge is -2.22. The van der Waals surface area contributed by atoms with Gasteiger partial charge in [0, 0.05) is 6.04 Å². The molecule has 0 aliphatic heterocycles. The zero-order valence-corrected chi connectivity index (χ0v) is 11.6. The number of carbonyl (C=O) groups is 1. The first-order chi connectivity index (χ1) is 9.54. The first-order valence-corrected chi connectivity index (χ1v) is 6.17. The molecular weight excluding hydrogens is 316 g/mol. The number of alkyl halides is 5. The second kappa shape index (κ2) is 6.48. The lowest BCUT2D eigenvalue weighted by molar-refractivity contribution is -0.204. The van der Waals surface area contributed by atoms with Crippen LogP contribution in [0.3, 0.4) is 0 Å². The first-order valence-electron chi connectivity index (χ1n) is 5.79. The molecule has 1 aromatic carbocycles. The SMILES string of the molecule is C[C@@H](N)COc1ccccc1C(=O)NC(F)(Cl)C(F)(F)F. The topological polar surface area (TPSA) is 64.3 Å². The van der Waals surface area contributed by atoms with E-state index in [2.05, 4.69) is 11.6 Å². The standard InChI is InChI=1S/C12H13ClF4N2O2/c1-7(18)6-21-9-5-3-2-4-8(9)10(20)19-11(13,14)12(15,16)17/h2-5,7H,6,18H2,1H3,(H,19,20)/t7-,11?/m1/s1. The molecule has 0 saturated heterocycles. The molecule has 0 radical (unpaired) electrons. The van der Waals surface area contributed by atoms with Gasteiger partial charge in [0.25, 0.3) is 5.91 Å². The number of nitrogens with one attached hydrogen (secondary N) is 1. The van der Waals surface area contributed by atoms with Crippen LogP contribution >= 0.6 is 11.6 Å². The summed E-state index contributed by atoms with van der Waals surface area (Å²) in [6, 6.07) is 5.05. The maximum Gasteiger partial charge on any atom is 0.457 e. The average molecular weight is 329 g/mol. The van der Waals surface area contributed by atoms with Gasteiger partial charge in [-0.1, -0.05) is 12.1 Å². The highest BCUT2D eigenvalue weighted by atomic mass is 35.5. The van der Waals surface area contributed by atoms with E-state index in [1.165, 1.54) is 24.3 Å². The van der Waals surface area contributed by atoms with E-state index in [0.717, 1.165) is 5.32 Å². The number of halogens is 5. The summed E-state index contributed by atoms with van der Waals surface area (Å²) in [5.74, 6) is -1.38. The molecule has 1 unspecified atom stereocenters. The summed E-state index contributed by atoms with van der Waals surface area (Å²) in [6.07, 6.45) is -5.45. The minimum absolute atomic E-state index is 0.0260. The second-order valence-corrected chi connectivity index (χ2v) is 4.83. The predicted octanol–water partition coefficient (Wildman–Crippen LogP) is 2.57. The van der Waals surface area contributed by atoms with Crippen molar-refractivity contribution in [2.24, 2.45) is 5.73 Å². The molecule has 0 saturated carbocycles. The Morgan fingerprint density at radius 3 is 2.48 bits per heavy atom. The summed E-state index contributed by atoms with van der Waals surface area (Å²) in [5.41, 5.74) is 5.18. The number of benzene rings is 1. The van der Waals surface area contributed by atoms with Gasteiger partial charge in [-0.25, -0.2) is 0 Å². The number of amides is 1. The van der Waals surface area contributed by atoms with E-state index >= 15 is 0 Å². The molecule has 0 heterocycles. The predicted molar refractivity (Wildman–Crippen MR) is 68.8 cm³/mol. The molecule has 0 aliphatic carbocycles. The van der Waals surface area contributed by atoms with Gasteiger partial charge in [0.2, 0.25) is 0 Å².